The summed E-state index contributed by atoms with van der Waals surface area (Å²) in [4.78, 5) is 26.5. The molecule has 3 aromatic heterocycles. The van der Waals surface area contributed by atoms with Gasteiger partial charge in [-0.05, 0) is 48.2 Å². The van der Waals surface area contributed by atoms with Crippen molar-refractivity contribution in [2.45, 2.75) is 32.1 Å². The number of aromatic nitrogens is 4. The van der Waals surface area contributed by atoms with Gasteiger partial charge in [0.2, 0.25) is 5.88 Å². The van der Waals surface area contributed by atoms with Gasteiger partial charge in [-0.3, -0.25) is 0 Å². The maximum atomic E-state index is 12.9. The SMILES string of the molecule is CC(C)Oc1cc2c(-c3ccnc(N4CCN(C(=O)OCc5ccccc5)CC4)c3)nn(C(c3ccccc3)(c3ccccc3)c3ccccc3)c2cn1. The summed E-state index contributed by atoms with van der Waals surface area (Å²) < 4.78 is 13.9. The monoisotopic (exact) mass is 714 g/mol. The van der Waals surface area contributed by atoms with E-state index in [1.54, 1.807) is 4.90 Å². The first-order valence-electron chi connectivity index (χ1n) is 18.4. The summed E-state index contributed by atoms with van der Waals surface area (Å²) in [5, 5.41) is 6.47. The number of nitrogens with zero attached hydrogens (tertiary/aromatic N) is 6. The van der Waals surface area contributed by atoms with E-state index in [9.17, 15) is 4.79 Å². The summed E-state index contributed by atoms with van der Waals surface area (Å²) in [5.41, 5.74) is 5.89. The minimum atomic E-state index is -0.844. The molecule has 9 heteroatoms. The van der Waals surface area contributed by atoms with Crippen LogP contribution in [0.15, 0.2) is 152 Å². The van der Waals surface area contributed by atoms with Crippen molar-refractivity contribution >= 4 is 22.8 Å². The lowest BCUT2D eigenvalue weighted by molar-refractivity contribution is 0.0941. The van der Waals surface area contributed by atoms with Gasteiger partial charge in [0.15, 0.2) is 0 Å². The van der Waals surface area contributed by atoms with Gasteiger partial charge < -0.3 is 19.3 Å². The minimum absolute atomic E-state index is 0.0488. The van der Waals surface area contributed by atoms with Gasteiger partial charge >= 0.3 is 6.09 Å². The predicted molar refractivity (Wildman–Crippen MR) is 212 cm³/mol. The standard InChI is InChI=1S/C45H42N6O3/c1-33(2)54-42-30-39-40(31-47-42)51(45(36-17-9-4-10-18-36,37-19-11-5-12-20-37)38-21-13-6-14-22-38)48-43(39)35-23-24-46-41(29-35)49-25-27-50(28-26-49)44(52)53-32-34-15-7-3-8-16-34/h3-24,29-31,33H,25-28,32H2,1-2H3. The van der Waals surface area contributed by atoms with Crippen LogP contribution in [0.5, 0.6) is 5.88 Å². The van der Waals surface area contributed by atoms with E-state index in [2.05, 4.69) is 88.4 Å². The van der Waals surface area contributed by atoms with E-state index in [4.69, 9.17) is 24.5 Å². The topological polar surface area (TPSA) is 85.6 Å². The third-order valence-corrected chi connectivity index (χ3v) is 9.88. The van der Waals surface area contributed by atoms with E-state index in [-0.39, 0.29) is 18.8 Å². The third kappa shape index (κ3) is 6.76. The Balaban J connectivity index is 1.20. The number of carbonyl (C=O) groups is 1. The zero-order chi connectivity index (χ0) is 36.9. The number of anilines is 1. The number of benzene rings is 4. The summed E-state index contributed by atoms with van der Waals surface area (Å²) in [6.45, 7) is 6.57. The van der Waals surface area contributed by atoms with Crippen LogP contribution in [0, 0.1) is 0 Å². The molecule has 0 radical (unpaired) electrons. The van der Waals surface area contributed by atoms with Crippen LogP contribution in [0.25, 0.3) is 22.2 Å². The molecular weight excluding hydrogens is 673 g/mol. The number of fused-ring (bicyclic) bond motifs is 1. The molecule has 1 aliphatic heterocycles. The van der Waals surface area contributed by atoms with Gasteiger partial charge in [-0.25, -0.2) is 19.4 Å². The summed E-state index contributed by atoms with van der Waals surface area (Å²) in [5.74, 6) is 1.35. The number of carbonyl (C=O) groups excluding carboxylic acids is 1. The van der Waals surface area contributed by atoms with Crippen molar-refractivity contribution in [3.05, 3.63) is 174 Å². The van der Waals surface area contributed by atoms with E-state index >= 15 is 0 Å². The van der Waals surface area contributed by atoms with E-state index in [1.807, 2.05) is 86.9 Å². The van der Waals surface area contributed by atoms with E-state index < -0.39 is 5.54 Å². The van der Waals surface area contributed by atoms with Crippen LogP contribution >= 0.6 is 0 Å². The second-order valence-electron chi connectivity index (χ2n) is 13.7. The number of piperazine rings is 1. The Bertz CT molecular complexity index is 2230. The van der Waals surface area contributed by atoms with Crippen LogP contribution in [0.2, 0.25) is 0 Å². The fourth-order valence-electron chi connectivity index (χ4n) is 7.34. The third-order valence-electron chi connectivity index (χ3n) is 9.88. The lowest BCUT2D eigenvalue weighted by atomic mass is 9.77. The van der Waals surface area contributed by atoms with E-state index in [0.717, 1.165) is 50.2 Å². The van der Waals surface area contributed by atoms with Crippen molar-refractivity contribution in [1.29, 1.82) is 0 Å². The fourth-order valence-corrected chi connectivity index (χ4v) is 7.34. The number of ether oxygens (including phenoxy) is 2. The Morgan fingerprint density at radius 1 is 0.722 bits per heavy atom. The molecule has 4 heterocycles. The van der Waals surface area contributed by atoms with Crippen molar-refractivity contribution in [2.24, 2.45) is 0 Å². The smallest absolute Gasteiger partial charge is 0.410 e. The number of hydrogen-bond acceptors (Lipinski definition) is 7. The Kier molecular flexibility index (Phi) is 9.77. The van der Waals surface area contributed by atoms with Crippen LogP contribution < -0.4 is 9.64 Å². The van der Waals surface area contributed by atoms with Crippen LogP contribution in [-0.4, -0.2) is 63.0 Å². The zero-order valence-corrected chi connectivity index (χ0v) is 30.5. The molecule has 0 bridgehead atoms. The molecule has 0 unspecified atom stereocenters. The summed E-state index contributed by atoms with van der Waals surface area (Å²) >= 11 is 0. The normalized spacial score (nSPS) is 13.3. The fraction of sp³-hybridized carbons (Fsp3) is 0.200. The van der Waals surface area contributed by atoms with Crippen LogP contribution in [-0.2, 0) is 16.9 Å². The molecule has 0 N–H and O–H groups in total. The number of pyridine rings is 2. The molecule has 0 spiro atoms. The van der Waals surface area contributed by atoms with E-state index in [0.29, 0.717) is 32.1 Å². The van der Waals surface area contributed by atoms with Crippen molar-refractivity contribution in [2.75, 3.05) is 31.1 Å². The maximum absolute atomic E-state index is 12.9. The molecule has 8 rings (SSSR count). The molecule has 0 aliphatic carbocycles. The molecule has 1 amide bonds. The quantitative estimate of drug-likeness (QED) is 0.131. The first-order valence-corrected chi connectivity index (χ1v) is 18.4. The van der Waals surface area contributed by atoms with Gasteiger partial charge in [0.25, 0.3) is 0 Å². The Morgan fingerprint density at radius 3 is 1.87 bits per heavy atom. The Labute approximate surface area is 315 Å². The second-order valence-corrected chi connectivity index (χ2v) is 13.7. The van der Waals surface area contributed by atoms with Gasteiger partial charge in [0, 0.05) is 49.4 Å². The average Bonchev–Trinajstić information content (AvgIpc) is 3.60. The van der Waals surface area contributed by atoms with Crippen LogP contribution in [0.3, 0.4) is 0 Å². The average molecular weight is 715 g/mol. The van der Waals surface area contributed by atoms with Crippen molar-refractivity contribution in [3.63, 3.8) is 0 Å². The van der Waals surface area contributed by atoms with Crippen LogP contribution in [0.4, 0.5) is 10.6 Å². The van der Waals surface area contributed by atoms with Gasteiger partial charge in [0.05, 0.1) is 17.8 Å². The Morgan fingerprint density at radius 2 is 1.30 bits per heavy atom. The molecule has 0 atom stereocenters. The summed E-state index contributed by atoms with van der Waals surface area (Å²) in [6.07, 6.45) is 3.36. The molecule has 54 heavy (non-hydrogen) atoms. The molecule has 9 nitrogen and oxygen atoms in total. The highest BCUT2D eigenvalue weighted by Crippen LogP contribution is 2.44. The van der Waals surface area contributed by atoms with Gasteiger partial charge in [-0.15, -0.1) is 0 Å². The molecule has 0 saturated carbocycles. The zero-order valence-electron chi connectivity index (χ0n) is 30.5. The second kappa shape index (κ2) is 15.2. The van der Waals surface area contributed by atoms with Gasteiger partial charge in [-0.2, -0.15) is 5.10 Å². The van der Waals surface area contributed by atoms with Crippen LogP contribution in [0.1, 0.15) is 36.1 Å². The predicted octanol–water partition coefficient (Wildman–Crippen LogP) is 8.58. The molecule has 1 fully saturated rings. The maximum Gasteiger partial charge on any atom is 0.410 e. The van der Waals surface area contributed by atoms with Crippen molar-refractivity contribution in [3.8, 4) is 17.1 Å². The summed E-state index contributed by atoms with van der Waals surface area (Å²) in [7, 11) is 0. The van der Waals surface area contributed by atoms with Crippen molar-refractivity contribution < 1.29 is 14.3 Å². The minimum Gasteiger partial charge on any atom is -0.475 e. The lowest BCUT2D eigenvalue weighted by Gasteiger charge is -2.37. The number of rotatable bonds is 10. The largest absolute Gasteiger partial charge is 0.475 e. The molecule has 7 aromatic rings. The molecular formula is C45H42N6O3. The number of amides is 1. The highest BCUT2D eigenvalue weighted by Gasteiger charge is 2.41. The lowest BCUT2D eigenvalue weighted by Crippen LogP contribution is -2.49. The van der Waals surface area contributed by atoms with Crippen molar-refractivity contribution in [1.82, 2.24) is 24.6 Å². The highest BCUT2D eigenvalue weighted by molar-refractivity contribution is 5.94. The molecule has 4 aromatic carbocycles. The molecule has 1 aliphatic rings. The van der Waals surface area contributed by atoms with Gasteiger partial charge in [0.1, 0.15) is 23.7 Å². The van der Waals surface area contributed by atoms with Gasteiger partial charge in [-0.1, -0.05) is 121 Å². The molecule has 1 saturated heterocycles. The Hall–Kier alpha value is -6.48. The highest BCUT2D eigenvalue weighted by atomic mass is 16.6. The molecule has 270 valence electrons. The summed E-state index contributed by atoms with van der Waals surface area (Å²) in [6, 6.07) is 47.4. The number of hydrogen-bond donors (Lipinski definition) is 0. The first-order chi connectivity index (χ1) is 26.5. The van der Waals surface area contributed by atoms with E-state index in [1.165, 1.54) is 0 Å². The first kappa shape index (κ1) is 34.6.